The molecule has 156 valence electrons. The Kier molecular flexibility index (Phi) is 7.48. The highest BCUT2D eigenvalue weighted by atomic mass is 32.2. The van der Waals surface area contributed by atoms with E-state index in [-0.39, 0.29) is 16.6 Å². The quantitative estimate of drug-likeness (QED) is 0.633. The van der Waals surface area contributed by atoms with E-state index in [2.05, 4.69) is 10.3 Å². The highest BCUT2D eigenvalue weighted by molar-refractivity contribution is 7.99. The zero-order valence-corrected chi connectivity index (χ0v) is 17.7. The summed E-state index contributed by atoms with van der Waals surface area (Å²) in [6.07, 6.45) is 1.33. The molecule has 8 nitrogen and oxygen atoms in total. The van der Waals surface area contributed by atoms with Crippen LogP contribution in [-0.4, -0.2) is 62.3 Å². The van der Waals surface area contributed by atoms with E-state index in [9.17, 15) is 13.2 Å². The van der Waals surface area contributed by atoms with E-state index in [0.717, 1.165) is 0 Å². The van der Waals surface area contributed by atoms with Gasteiger partial charge in [-0.25, -0.2) is 13.4 Å². The highest BCUT2D eigenvalue weighted by Crippen LogP contribution is 2.25. The minimum atomic E-state index is -3.57. The molecule has 0 radical (unpaired) electrons. The molecule has 10 heteroatoms. The van der Waals surface area contributed by atoms with Gasteiger partial charge in [-0.2, -0.15) is 4.31 Å². The lowest BCUT2D eigenvalue weighted by atomic mass is 10.3. The lowest BCUT2D eigenvalue weighted by Gasteiger charge is -2.25. The fourth-order valence-electron chi connectivity index (χ4n) is 2.72. The Bertz CT molecular complexity index is 929. The van der Waals surface area contributed by atoms with Crippen molar-refractivity contribution in [2.75, 3.05) is 44.0 Å². The number of rotatable bonds is 8. The van der Waals surface area contributed by atoms with Crippen LogP contribution in [0.2, 0.25) is 0 Å². The summed E-state index contributed by atoms with van der Waals surface area (Å²) in [6.45, 7) is 3.84. The van der Waals surface area contributed by atoms with E-state index in [4.69, 9.17) is 9.47 Å². The lowest BCUT2D eigenvalue weighted by Crippen LogP contribution is -2.40. The van der Waals surface area contributed by atoms with Crippen molar-refractivity contribution in [3.8, 4) is 5.75 Å². The molecule has 1 amide bonds. The summed E-state index contributed by atoms with van der Waals surface area (Å²) >= 11 is 1.23. The molecular formula is C19H23N3O5S2. The maximum absolute atomic E-state index is 12.6. The number of sulfonamides is 1. The zero-order chi connectivity index (χ0) is 20.7. The van der Waals surface area contributed by atoms with Gasteiger partial charge in [-0.1, -0.05) is 23.9 Å². The van der Waals surface area contributed by atoms with Gasteiger partial charge in [0.15, 0.2) is 0 Å². The number of anilines is 1. The summed E-state index contributed by atoms with van der Waals surface area (Å²) < 4.78 is 37.3. The smallest absolute Gasteiger partial charge is 0.244 e. The summed E-state index contributed by atoms with van der Waals surface area (Å²) in [5.74, 6) is 0.557. The van der Waals surface area contributed by atoms with Crippen molar-refractivity contribution in [3.63, 3.8) is 0 Å². The fraction of sp³-hybridized carbons (Fsp3) is 0.368. The normalized spacial score (nSPS) is 15.1. The van der Waals surface area contributed by atoms with Gasteiger partial charge in [0.25, 0.3) is 0 Å². The molecule has 1 fully saturated rings. The Hall–Kier alpha value is -2.14. The number of aromatic nitrogens is 1. The second kappa shape index (κ2) is 10.1. The standard InChI is InChI=1S/C19H23N3O5S2/c1-2-27-17-6-4-3-5-16(17)21-18(23)14-28-19-8-7-15(13-20-19)29(24,25)22-9-11-26-12-10-22/h3-8,13H,2,9-12,14H2,1H3,(H,21,23). The summed E-state index contributed by atoms with van der Waals surface area (Å²) in [6, 6.07) is 10.4. The number of hydrogen-bond donors (Lipinski definition) is 1. The number of pyridine rings is 1. The molecule has 0 unspecified atom stereocenters. The van der Waals surface area contributed by atoms with Crippen LogP contribution < -0.4 is 10.1 Å². The van der Waals surface area contributed by atoms with Crippen molar-refractivity contribution >= 4 is 33.4 Å². The predicted molar refractivity (Wildman–Crippen MR) is 111 cm³/mol. The second-order valence-electron chi connectivity index (χ2n) is 6.11. The highest BCUT2D eigenvalue weighted by Gasteiger charge is 2.26. The molecule has 0 spiro atoms. The topological polar surface area (TPSA) is 97.8 Å². The predicted octanol–water partition coefficient (Wildman–Crippen LogP) is 2.23. The molecule has 0 bridgehead atoms. The largest absolute Gasteiger partial charge is 0.492 e. The first-order chi connectivity index (χ1) is 14.0. The summed E-state index contributed by atoms with van der Waals surface area (Å²) in [5.41, 5.74) is 0.611. The van der Waals surface area contributed by atoms with Crippen molar-refractivity contribution in [1.29, 1.82) is 0 Å². The number of nitrogens with one attached hydrogen (secondary N) is 1. The summed E-state index contributed by atoms with van der Waals surface area (Å²) in [7, 11) is -3.57. The van der Waals surface area contributed by atoms with Crippen molar-refractivity contribution in [3.05, 3.63) is 42.6 Å². The monoisotopic (exact) mass is 437 g/mol. The minimum Gasteiger partial charge on any atom is -0.492 e. The van der Waals surface area contributed by atoms with E-state index < -0.39 is 10.0 Å². The Morgan fingerprint density at radius 1 is 1.24 bits per heavy atom. The maximum Gasteiger partial charge on any atom is 0.244 e. The first-order valence-corrected chi connectivity index (χ1v) is 11.6. The number of ether oxygens (including phenoxy) is 2. The van der Waals surface area contributed by atoms with Gasteiger partial charge in [0.1, 0.15) is 10.6 Å². The minimum absolute atomic E-state index is 0.138. The number of benzene rings is 1. The molecule has 29 heavy (non-hydrogen) atoms. The third kappa shape index (κ3) is 5.69. The number of morpholine rings is 1. The van der Waals surface area contributed by atoms with Gasteiger partial charge in [0.05, 0.1) is 36.3 Å². The maximum atomic E-state index is 12.6. The van der Waals surface area contributed by atoms with Gasteiger partial charge in [0.2, 0.25) is 15.9 Å². The number of nitrogens with zero attached hydrogens (tertiary/aromatic N) is 2. The van der Waals surface area contributed by atoms with Gasteiger partial charge in [-0.05, 0) is 31.2 Å². The van der Waals surface area contributed by atoms with E-state index in [1.165, 1.54) is 28.3 Å². The van der Waals surface area contributed by atoms with Crippen LogP contribution in [-0.2, 0) is 19.6 Å². The van der Waals surface area contributed by atoms with Crippen LogP contribution in [0.15, 0.2) is 52.5 Å². The molecule has 2 heterocycles. The third-order valence-electron chi connectivity index (χ3n) is 4.13. The van der Waals surface area contributed by atoms with Crippen molar-refractivity contribution in [2.45, 2.75) is 16.8 Å². The van der Waals surface area contributed by atoms with Gasteiger partial charge in [-0.3, -0.25) is 4.79 Å². The Balaban J connectivity index is 1.57. The van der Waals surface area contributed by atoms with E-state index >= 15 is 0 Å². The molecule has 0 aliphatic carbocycles. The number of carbonyl (C=O) groups is 1. The van der Waals surface area contributed by atoms with Crippen LogP contribution in [0.4, 0.5) is 5.69 Å². The number of hydrogen-bond acceptors (Lipinski definition) is 7. The summed E-state index contributed by atoms with van der Waals surface area (Å²) in [5, 5.41) is 3.39. The van der Waals surface area contributed by atoms with Crippen LogP contribution in [0.5, 0.6) is 5.75 Å². The molecule has 1 N–H and O–H groups in total. The molecule has 1 aromatic carbocycles. The number of para-hydroxylation sites is 2. The Morgan fingerprint density at radius 2 is 2.00 bits per heavy atom. The number of amides is 1. The van der Waals surface area contributed by atoms with Crippen LogP contribution in [0.1, 0.15) is 6.92 Å². The molecule has 1 aromatic heterocycles. The molecule has 3 rings (SSSR count). The van der Waals surface area contributed by atoms with Crippen LogP contribution in [0.3, 0.4) is 0 Å². The molecule has 1 aliphatic rings. The van der Waals surface area contributed by atoms with E-state index in [0.29, 0.717) is 49.4 Å². The van der Waals surface area contributed by atoms with E-state index in [1.54, 1.807) is 18.2 Å². The van der Waals surface area contributed by atoms with Gasteiger partial charge in [-0.15, -0.1) is 0 Å². The van der Waals surface area contributed by atoms with Gasteiger partial charge >= 0.3 is 0 Å². The first-order valence-electron chi connectivity index (χ1n) is 9.19. The third-order valence-corrected chi connectivity index (χ3v) is 6.96. The Labute approximate surface area is 174 Å². The first kappa shape index (κ1) is 21.6. The van der Waals surface area contributed by atoms with Gasteiger partial charge in [0, 0.05) is 19.3 Å². The van der Waals surface area contributed by atoms with E-state index in [1.807, 2.05) is 19.1 Å². The average molecular weight is 438 g/mol. The lowest BCUT2D eigenvalue weighted by molar-refractivity contribution is -0.113. The molecule has 2 aromatic rings. The molecule has 1 saturated heterocycles. The molecule has 0 atom stereocenters. The summed E-state index contributed by atoms with van der Waals surface area (Å²) in [4.78, 5) is 16.6. The molecular weight excluding hydrogens is 414 g/mol. The van der Waals surface area contributed by atoms with Crippen LogP contribution in [0.25, 0.3) is 0 Å². The van der Waals surface area contributed by atoms with Crippen molar-refractivity contribution in [1.82, 2.24) is 9.29 Å². The average Bonchev–Trinajstić information content (AvgIpc) is 2.75. The number of thioether (sulfide) groups is 1. The van der Waals surface area contributed by atoms with Crippen molar-refractivity contribution in [2.24, 2.45) is 0 Å². The fourth-order valence-corrected chi connectivity index (χ4v) is 4.71. The number of carbonyl (C=O) groups excluding carboxylic acids is 1. The Morgan fingerprint density at radius 3 is 2.69 bits per heavy atom. The zero-order valence-electron chi connectivity index (χ0n) is 16.0. The molecule has 1 aliphatic heterocycles. The molecule has 0 saturated carbocycles. The van der Waals surface area contributed by atoms with Crippen LogP contribution >= 0.6 is 11.8 Å². The second-order valence-corrected chi connectivity index (χ2v) is 9.05. The SMILES string of the molecule is CCOc1ccccc1NC(=O)CSc1ccc(S(=O)(=O)N2CCOCC2)cn1. The van der Waals surface area contributed by atoms with Crippen LogP contribution in [0, 0.1) is 0 Å². The van der Waals surface area contributed by atoms with Gasteiger partial charge < -0.3 is 14.8 Å². The van der Waals surface area contributed by atoms with Crippen molar-refractivity contribution < 1.29 is 22.7 Å².